The van der Waals surface area contributed by atoms with Gasteiger partial charge in [-0.15, -0.1) is 11.3 Å². The quantitative estimate of drug-likeness (QED) is 0.769. The molecule has 0 aliphatic carbocycles. The topological polar surface area (TPSA) is 56.7 Å². The molecule has 18 heavy (non-hydrogen) atoms. The van der Waals surface area contributed by atoms with Crippen molar-refractivity contribution in [1.82, 2.24) is 14.5 Å². The maximum atomic E-state index is 6.07. The van der Waals surface area contributed by atoms with E-state index in [4.69, 9.17) is 5.73 Å². The van der Waals surface area contributed by atoms with Gasteiger partial charge >= 0.3 is 0 Å². The molecule has 4 nitrogen and oxygen atoms in total. The smallest absolute Gasteiger partial charge is 0.202 e. The highest BCUT2D eigenvalue weighted by Gasteiger charge is 2.29. The minimum absolute atomic E-state index is 0.297. The lowest BCUT2D eigenvalue weighted by atomic mass is 10.1. The van der Waals surface area contributed by atoms with Crippen LogP contribution >= 0.6 is 11.3 Å². The molecule has 0 saturated carbocycles. The Kier molecular flexibility index (Phi) is 2.38. The molecule has 0 aliphatic heterocycles. The first-order chi connectivity index (χ1) is 8.60. The Morgan fingerprint density at radius 3 is 2.78 bits per heavy atom. The van der Waals surface area contributed by atoms with Gasteiger partial charge in [0, 0.05) is 11.6 Å². The first-order valence-electron chi connectivity index (χ1n) is 5.74. The second-order valence-electron chi connectivity index (χ2n) is 4.69. The molecule has 3 aromatic rings. The van der Waals surface area contributed by atoms with Gasteiger partial charge in [0.15, 0.2) is 0 Å². The Bertz CT molecular complexity index is 682. The second kappa shape index (κ2) is 3.81. The standard InChI is InChI=1S/C13H14N4S/c1-13(2,11-15-7-8-18-11)17-10-6-4-3-5-9(10)16-12(17)14/h3-8H,1-2H3,(H2,14,16). The molecule has 2 heterocycles. The van der Waals surface area contributed by atoms with Gasteiger partial charge in [-0.2, -0.15) is 0 Å². The van der Waals surface area contributed by atoms with Crippen molar-refractivity contribution in [1.29, 1.82) is 0 Å². The minimum atomic E-state index is -0.297. The average molecular weight is 258 g/mol. The van der Waals surface area contributed by atoms with Gasteiger partial charge in [-0.1, -0.05) is 12.1 Å². The Hall–Kier alpha value is -1.88. The van der Waals surface area contributed by atoms with E-state index < -0.39 is 0 Å². The normalized spacial score (nSPS) is 12.1. The van der Waals surface area contributed by atoms with Crippen molar-refractivity contribution in [3.8, 4) is 0 Å². The lowest BCUT2D eigenvalue weighted by molar-refractivity contribution is 0.452. The fourth-order valence-corrected chi connectivity index (χ4v) is 3.01. The summed E-state index contributed by atoms with van der Waals surface area (Å²) in [4.78, 5) is 8.81. The Labute approximate surface area is 109 Å². The molecule has 2 N–H and O–H groups in total. The van der Waals surface area contributed by atoms with Crippen molar-refractivity contribution < 1.29 is 0 Å². The van der Waals surface area contributed by atoms with Crippen LogP contribution in [0, 0.1) is 0 Å². The summed E-state index contributed by atoms with van der Waals surface area (Å²) in [6.45, 7) is 4.21. The number of rotatable bonds is 2. The number of benzene rings is 1. The maximum absolute atomic E-state index is 6.07. The van der Waals surface area contributed by atoms with E-state index in [-0.39, 0.29) is 5.54 Å². The number of hydrogen-bond acceptors (Lipinski definition) is 4. The lowest BCUT2D eigenvalue weighted by Crippen LogP contribution is -2.28. The average Bonchev–Trinajstić information content (AvgIpc) is 2.94. The van der Waals surface area contributed by atoms with Crippen LogP contribution in [0.5, 0.6) is 0 Å². The van der Waals surface area contributed by atoms with Crippen LogP contribution in [-0.2, 0) is 5.54 Å². The Balaban J connectivity index is 2.29. The molecule has 3 rings (SSSR count). The van der Waals surface area contributed by atoms with Crippen molar-refractivity contribution in [3.63, 3.8) is 0 Å². The van der Waals surface area contributed by atoms with Crippen LogP contribution in [0.3, 0.4) is 0 Å². The number of fused-ring (bicyclic) bond motifs is 1. The molecule has 0 fully saturated rings. The molecular weight excluding hydrogens is 244 g/mol. The largest absolute Gasteiger partial charge is 0.369 e. The number of thiazole rings is 1. The summed E-state index contributed by atoms with van der Waals surface area (Å²) in [5.41, 5.74) is 7.73. The van der Waals surface area contributed by atoms with Crippen LogP contribution in [0.4, 0.5) is 5.95 Å². The molecule has 5 heteroatoms. The molecule has 0 radical (unpaired) electrons. The molecule has 0 aliphatic rings. The second-order valence-corrected chi connectivity index (χ2v) is 5.58. The Morgan fingerprint density at radius 2 is 2.06 bits per heavy atom. The molecule has 2 aromatic heterocycles. The number of imidazole rings is 1. The van der Waals surface area contributed by atoms with Crippen LogP contribution in [-0.4, -0.2) is 14.5 Å². The SMILES string of the molecule is CC(C)(c1nccs1)n1c(N)nc2ccccc21. The zero-order chi connectivity index (χ0) is 12.8. The summed E-state index contributed by atoms with van der Waals surface area (Å²) in [6.07, 6.45) is 1.82. The van der Waals surface area contributed by atoms with Crippen molar-refractivity contribution in [3.05, 3.63) is 40.8 Å². The first-order valence-corrected chi connectivity index (χ1v) is 6.62. The number of hydrogen-bond donors (Lipinski definition) is 1. The highest BCUT2D eigenvalue weighted by atomic mass is 32.1. The van der Waals surface area contributed by atoms with Crippen LogP contribution < -0.4 is 5.73 Å². The van der Waals surface area contributed by atoms with E-state index in [9.17, 15) is 0 Å². The summed E-state index contributed by atoms with van der Waals surface area (Å²) in [5.74, 6) is 0.524. The van der Waals surface area contributed by atoms with E-state index >= 15 is 0 Å². The van der Waals surface area contributed by atoms with Gasteiger partial charge in [0.2, 0.25) is 5.95 Å². The number of nitrogen functional groups attached to an aromatic ring is 1. The van der Waals surface area contributed by atoms with Gasteiger partial charge < -0.3 is 5.73 Å². The molecule has 0 unspecified atom stereocenters. The van der Waals surface area contributed by atoms with Gasteiger partial charge in [0.05, 0.1) is 16.6 Å². The molecule has 0 amide bonds. The maximum Gasteiger partial charge on any atom is 0.202 e. The van der Waals surface area contributed by atoms with Crippen molar-refractivity contribution in [2.45, 2.75) is 19.4 Å². The van der Waals surface area contributed by atoms with Crippen molar-refractivity contribution >= 4 is 28.3 Å². The van der Waals surface area contributed by atoms with Crippen LogP contribution in [0.25, 0.3) is 11.0 Å². The van der Waals surface area contributed by atoms with Crippen molar-refractivity contribution in [2.75, 3.05) is 5.73 Å². The predicted molar refractivity (Wildman–Crippen MR) is 74.7 cm³/mol. The fraction of sp³-hybridized carbons (Fsp3) is 0.231. The summed E-state index contributed by atoms with van der Waals surface area (Å²) in [5, 5.41) is 3.00. The van der Waals surface area contributed by atoms with E-state index in [0.717, 1.165) is 16.0 Å². The van der Waals surface area contributed by atoms with E-state index in [1.807, 2.05) is 40.4 Å². The van der Waals surface area contributed by atoms with E-state index in [0.29, 0.717) is 5.95 Å². The van der Waals surface area contributed by atoms with Crippen LogP contribution in [0.15, 0.2) is 35.8 Å². The van der Waals surface area contributed by atoms with Gasteiger partial charge in [-0.3, -0.25) is 4.57 Å². The van der Waals surface area contributed by atoms with Gasteiger partial charge in [0.1, 0.15) is 5.01 Å². The number of anilines is 1. The zero-order valence-electron chi connectivity index (χ0n) is 10.3. The van der Waals surface area contributed by atoms with Crippen LogP contribution in [0.1, 0.15) is 18.9 Å². The summed E-state index contributed by atoms with van der Waals surface area (Å²) in [7, 11) is 0. The van der Waals surface area contributed by atoms with E-state index in [1.54, 1.807) is 11.3 Å². The van der Waals surface area contributed by atoms with Gasteiger partial charge in [-0.25, -0.2) is 9.97 Å². The molecule has 0 spiro atoms. The summed E-state index contributed by atoms with van der Waals surface area (Å²) in [6, 6.07) is 7.97. The van der Waals surface area contributed by atoms with Gasteiger partial charge in [0.25, 0.3) is 0 Å². The van der Waals surface area contributed by atoms with E-state index in [1.165, 1.54) is 0 Å². The van der Waals surface area contributed by atoms with E-state index in [2.05, 4.69) is 23.8 Å². The zero-order valence-corrected chi connectivity index (χ0v) is 11.1. The van der Waals surface area contributed by atoms with Gasteiger partial charge in [-0.05, 0) is 26.0 Å². The lowest BCUT2D eigenvalue weighted by Gasteiger charge is -2.26. The Morgan fingerprint density at radius 1 is 1.28 bits per heavy atom. The molecule has 0 bridgehead atoms. The summed E-state index contributed by atoms with van der Waals surface area (Å²) < 4.78 is 2.04. The third-order valence-corrected chi connectivity index (χ3v) is 4.19. The molecule has 0 saturated heterocycles. The molecule has 92 valence electrons. The third kappa shape index (κ3) is 1.51. The molecule has 0 atom stereocenters. The first kappa shape index (κ1) is 11.2. The van der Waals surface area contributed by atoms with Crippen LogP contribution in [0.2, 0.25) is 0 Å². The molecular formula is C13H14N4S. The number of nitrogens with two attached hydrogens (primary N) is 1. The number of para-hydroxylation sites is 2. The number of nitrogens with zero attached hydrogens (tertiary/aromatic N) is 3. The highest BCUT2D eigenvalue weighted by molar-refractivity contribution is 7.09. The van der Waals surface area contributed by atoms with Crippen molar-refractivity contribution in [2.24, 2.45) is 0 Å². The molecule has 1 aromatic carbocycles. The highest BCUT2D eigenvalue weighted by Crippen LogP contribution is 2.33. The fourth-order valence-electron chi connectivity index (χ4n) is 2.25. The summed E-state index contributed by atoms with van der Waals surface area (Å²) >= 11 is 1.63. The third-order valence-electron chi connectivity index (χ3n) is 3.10. The minimum Gasteiger partial charge on any atom is -0.369 e. The number of aromatic nitrogens is 3. The predicted octanol–water partition coefficient (Wildman–Crippen LogP) is 2.86. The monoisotopic (exact) mass is 258 g/mol.